The molecule has 0 aromatic heterocycles. The minimum Gasteiger partial charge on any atom is -0.502 e. The summed E-state index contributed by atoms with van der Waals surface area (Å²) in [6, 6.07) is 14.4. The number of hydrogen-bond donors (Lipinski definition) is 0. The second-order valence-corrected chi connectivity index (χ2v) is 6.00. The number of carbonyl (C=O) groups is 2. The van der Waals surface area contributed by atoms with E-state index in [4.69, 9.17) is 14.2 Å². The molecule has 0 spiro atoms. The van der Waals surface area contributed by atoms with Gasteiger partial charge in [0.05, 0.1) is 12.9 Å². The maximum absolute atomic E-state index is 11.9. The van der Waals surface area contributed by atoms with Crippen LogP contribution in [0, 0.1) is 0 Å². The number of benzene rings is 2. The smallest absolute Gasteiger partial charge is 0.335 e. The topological polar surface area (TPSA) is 61.8 Å². The van der Waals surface area contributed by atoms with Crippen molar-refractivity contribution in [3.8, 4) is 22.6 Å². The minimum absolute atomic E-state index is 0.245. The summed E-state index contributed by atoms with van der Waals surface area (Å²) in [6.07, 6.45) is 5.47. The Morgan fingerprint density at radius 2 is 1.30 bits per heavy atom. The molecule has 0 aliphatic carbocycles. The van der Waals surface area contributed by atoms with Crippen LogP contribution in [0.4, 0.5) is 0 Å². The molecule has 0 aliphatic rings. The van der Waals surface area contributed by atoms with Crippen LogP contribution in [0.2, 0.25) is 0 Å². The third kappa shape index (κ3) is 9.06. The molecule has 0 unspecified atom stereocenters. The lowest BCUT2D eigenvalue weighted by Gasteiger charge is -2.07. The monoisotopic (exact) mass is 408 g/mol. The van der Waals surface area contributed by atoms with Gasteiger partial charge in [0.1, 0.15) is 11.5 Å². The van der Waals surface area contributed by atoms with Crippen LogP contribution < -0.4 is 9.47 Å². The lowest BCUT2D eigenvalue weighted by molar-refractivity contribution is -0.134. The molecule has 30 heavy (non-hydrogen) atoms. The van der Waals surface area contributed by atoms with Gasteiger partial charge in [0.15, 0.2) is 0 Å². The van der Waals surface area contributed by atoms with Crippen molar-refractivity contribution in [1.82, 2.24) is 0 Å². The molecule has 0 N–H and O–H groups in total. The van der Waals surface area contributed by atoms with E-state index in [0.717, 1.165) is 36.5 Å². The molecule has 0 fully saturated rings. The fourth-order valence-corrected chi connectivity index (χ4v) is 2.49. The third-order valence-electron chi connectivity index (χ3n) is 3.92. The van der Waals surface area contributed by atoms with E-state index >= 15 is 0 Å². The first-order chi connectivity index (χ1) is 14.6. The van der Waals surface area contributed by atoms with Crippen molar-refractivity contribution >= 4 is 11.9 Å². The van der Waals surface area contributed by atoms with Crippen LogP contribution >= 0.6 is 0 Å². The largest absolute Gasteiger partial charge is 0.502 e. The van der Waals surface area contributed by atoms with Crippen molar-refractivity contribution in [2.75, 3.05) is 6.61 Å². The van der Waals surface area contributed by atoms with Gasteiger partial charge < -0.3 is 14.2 Å². The highest BCUT2D eigenvalue weighted by Crippen LogP contribution is 2.25. The second-order valence-electron chi connectivity index (χ2n) is 6.00. The number of carbonyl (C=O) groups excluding carboxylic acids is 2. The highest BCUT2D eigenvalue weighted by atomic mass is 16.5. The van der Waals surface area contributed by atoms with Crippen molar-refractivity contribution in [3.05, 3.63) is 87.2 Å². The summed E-state index contributed by atoms with van der Waals surface area (Å²) in [5.74, 6) is 0.227. The Morgan fingerprint density at radius 1 is 0.767 bits per heavy atom. The molecule has 5 nitrogen and oxygen atoms in total. The van der Waals surface area contributed by atoms with E-state index in [1.807, 2.05) is 24.3 Å². The molecule has 0 saturated heterocycles. The molecule has 2 aromatic rings. The SMILES string of the molecule is C=C.C=COCCCCCC(=O)Oc1ccc(-c2ccc(OC(=O)C=C)cc2)cc1. The van der Waals surface area contributed by atoms with Crippen LogP contribution in [0.5, 0.6) is 11.5 Å². The normalized spacial score (nSPS) is 9.47. The Balaban J connectivity index is 0.00000218. The zero-order chi connectivity index (χ0) is 22.2. The molecule has 0 radical (unpaired) electrons. The van der Waals surface area contributed by atoms with Gasteiger partial charge in [-0.2, -0.15) is 0 Å². The van der Waals surface area contributed by atoms with Gasteiger partial charge in [-0.1, -0.05) is 37.4 Å². The van der Waals surface area contributed by atoms with Crippen LogP contribution in [0.1, 0.15) is 25.7 Å². The number of unbranched alkanes of at least 4 members (excludes halogenated alkanes) is 2. The quantitative estimate of drug-likeness (QED) is 0.116. The Morgan fingerprint density at radius 3 is 1.80 bits per heavy atom. The number of rotatable bonds is 11. The van der Waals surface area contributed by atoms with Gasteiger partial charge >= 0.3 is 11.9 Å². The summed E-state index contributed by atoms with van der Waals surface area (Å²) in [5.41, 5.74) is 1.92. The predicted molar refractivity (Wildman–Crippen MR) is 119 cm³/mol. The third-order valence-corrected chi connectivity index (χ3v) is 3.92. The molecular formula is C25H28O5. The summed E-state index contributed by atoms with van der Waals surface area (Å²) in [5, 5.41) is 0. The molecule has 5 heteroatoms. The number of ether oxygens (including phenoxy) is 3. The van der Waals surface area contributed by atoms with Crippen LogP contribution in [-0.2, 0) is 14.3 Å². The van der Waals surface area contributed by atoms with E-state index in [1.54, 1.807) is 24.3 Å². The average Bonchev–Trinajstić information content (AvgIpc) is 2.78. The first-order valence-corrected chi connectivity index (χ1v) is 9.60. The molecule has 0 aliphatic heterocycles. The van der Waals surface area contributed by atoms with Crippen molar-refractivity contribution in [3.63, 3.8) is 0 Å². The van der Waals surface area contributed by atoms with Gasteiger partial charge in [-0.15, -0.1) is 13.2 Å². The molecule has 2 aromatic carbocycles. The van der Waals surface area contributed by atoms with Crippen molar-refractivity contribution < 1.29 is 23.8 Å². The van der Waals surface area contributed by atoms with Crippen LogP contribution in [-0.4, -0.2) is 18.5 Å². The van der Waals surface area contributed by atoms with Crippen LogP contribution in [0.15, 0.2) is 87.2 Å². The van der Waals surface area contributed by atoms with Gasteiger partial charge in [-0.3, -0.25) is 4.79 Å². The fourth-order valence-electron chi connectivity index (χ4n) is 2.49. The van der Waals surface area contributed by atoms with E-state index in [1.165, 1.54) is 6.26 Å². The summed E-state index contributed by atoms with van der Waals surface area (Å²) in [7, 11) is 0. The van der Waals surface area contributed by atoms with Crippen LogP contribution in [0.3, 0.4) is 0 Å². The Bertz CT molecular complexity index is 806. The predicted octanol–water partition coefficient (Wildman–Crippen LogP) is 5.87. The van der Waals surface area contributed by atoms with Crippen molar-refractivity contribution in [1.29, 1.82) is 0 Å². The molecule has 0 amide bonds. The van der Waals surface area contributed by atoms with Crippen molar-refractivity contribution in [2.45, 2.75) is 25.7 Å². The van der Waals surface area contributed by atoms with E-state index < -0.39 is 5.97 Å². The number of hydrogen-bond acceptors (Lipinski definition) is 5. The Labute approximate surface area is 178 Å². The van der Waals surface area contributed by atoms with Crippen LogP contribution in [0.25, 0.3) is 11.1 Å². The van der Waals surface area contributed by atoms with E-state index in [-0.39, 0.29) is 5.97 Å². The summed E-state index contributed by atoms with van der Waals surface area (Å²) >= 11 is 0. The first kappa shape index (κ1) is 24.4. The Kier molecular flexibility index (Phi) is 11.7. The lowest BCUT2D eigenvalue weighted by Crippen LogP contribution is -2.07. The molecule has 2 rings (SSSR count). The zero-order valence-electron chi connectivity index (χ0n) is 17.2. The average molecular weight is 408 g/mol. The summed E-state index contributed by atoms with van der Waals surface area (Å²) < 4.78 is 15.4. The molecule has 0 atom stereocenters. The number of esters is 2. The van der Waals surface area contributed by atoms with Gasteiger partial charge in [0.2, 0.25) is 0 Å². The Hall–Kier alpha value is -3.60. The molecule has 0 bridgehead atoms. The molecular weight excluding hydrogens is 380 g/mol. The highest BCUT2D eigenvalue weighted by molar-refractivity contribution is 5.83. The maximum Gasteiger partial charge on any atom is 0.335 e. The summed E-state index contributed by atoms with van der Waals surface area (Å²) in [6.45, 7) is 13.5. The minimum atomic E-state index is -0.496. The highest BCUT2D eigenvalue weighted by Gasteiger charge is 2.06. The standard InChI is InChI=1S/C23H24O5.C2H4/c1-3-22(24)27-20-13-9-18(10-14-20)19-11-15-21(16-12-19)28-23(25)8-6-5-7-17-26-4-2;1-2/h3-4,9-16H,1-2,5-8,17H2;1-2H2. The van der Waals surface area contributed by atoms with Gasteiger partial charge in [0, 0.05) is 12.5 Å². The lowest BCUT2D eigenvalue weighted by atomic mass is 10.1. The molecule has 158 valence electrons. The fraction of sp³-hybridized carbons (Fsp3) is 0.200. The maximum atomic E-state index is 11.9. The van der Waals surface area contributed by atoms with Gasteiger partial charge in [-0.25, -0.2) is 4.79 Å². The summed E-state index contributed by atoms with van der Waals surface area (Å²) in [4.78, 5) is 23.1. The van der Waals surface area contributed by atoms with E-state index in [9.17, 15) is 9.59 Å². The van der Waals surface area contributed by atoms with E-state index in [2.05, 4.69) is 26.3 Å². The molecule has 0 heterocycles. The van der Waals surface area contributed by atoms with E-state index in [0.29, 0.717) is 24.5 Å². The van der Waals surface area contributed by atoms with Gasteiger partial charge in [-0.05, 0) is 54.7 Å². The van der Waals surface area contributed by atoms with Gasteiger partial charge in [0.25, 0.3) is 0 Å². The molecule has 0 saturated carbocycles. The van der Waals surface area contributed by atoms with Crippen molar-refractivity contribution in [2.24, 2.45) is 0 Å². The first-order valence-electron chi connectivity index (χ1n) is 9.60. The zero-order valence-corrected chi connectivity index (χ0v) is 17.2. The second kappa shape index (κ2) is 14.4.